The molecule has 1 saturated carbocycles. The van der Waals surface area contributed by atoms with Crippen LogP contribution >= 0.6 is 0 Å². The Labute approximate surface area is 85.0 Å². The quantitative estimate of drug-likeness (QED) is 0.537. The lowest BCUT2D eigenvalue weighted by atomic mass is 9.83. The van der Waals surface area contributed by atoms with Crippen LogP contribution in [-0.4, -0.2) is 23.4 Å². The van der Waals surface area contributed by atoms with Crippen molar-refractivity contribution in [3.63, 3.8) is 0 Å². The fraction of sp³-hybridized carbons (Fsp3) is 0.750. The minimum Gasteiger partial charge on any atom is -0.335 e. The summed E-state index contributed by atoms with van der Waals surface area (Å²) >= 11 is 0. The van der Waals surface area contributed by atoms with Crippen molar-refractivity contribution < 1.29 is 4.79 Å². The Balaban J connectivity index is 1.83. The van der Waals surface area contributed by atoms with Crippen molar-refractivity contribution >= 4 is 5.91 Å². The Morgan fingerprint density at radius 1 is 1.36 bits per heavy atom. The Hall–Kier alpha value is -0.790. The van der Waals surface area contributed by atoms with Crippen LogP contribution in [0.5, 0.6) is 0 Å². The van der Waals surface area contributed by atoms with Gasteiger partial charge in [0.1, 0.15) is 0 Å². The molecular formula is C12H17NO. The molecule has 1 atom stereocenters. The summed E-state index contributed by atoms with van der Waals surface area (Å²) in [5.74, 6) is 0.235. The van der Waals surface area contributed by atoms with Crippen LogP contribution in [0, 0.1) is 5.41 Å². The second kappa shape index (κ2) is 2.62. The lowest BCUT2D eigenvalue weighted by Crippen LogP contribution is -2.29. The third-order valence-electron chi connectivity index (χ3n) is 4.32. The van der Waals surface area contributed by atoms with Gasteiger partial charge < -0.3 is 4.90 Å². The van der Waals surface area contributed by atoms with Crippen LogP contribution < -0.4 is 0 Å². The largest absolute Gasteiger partial charge is 0.335 e. The van der Waals surface area contributed by atoms with Crippen molar-refractivity contribution in [3.05, 3.63) is 12.2 Å². The number of fused-ring (bicyclic) bond motifs is 1. The molecule has 0 aromatic heterocycles. The number of hydrogen-bond donors (Lipinski definition) is 0. The Kier molecular flexibility index (Phi) is 1.59. The third kappa shape index (κ3) is 0.999. The molecule has 2 aliphatic heterocycles. The summed E-state index contributed by atoms with van der Waals surface area (Å²) in [6.07, 6.45) is 7.61. The highest BCUT2D eigenvalue weighted by molar-refractivity contribution is 5.95. The maximum atomic E-state index is 11.8. The van der Waals surface area contributed by atoms with Crippen LogP contribution in [0.1, 0.15) is 38.5 Å². The summed E-state index contributed by atoms with van der Waals surface area (Å²) in [4.78, 5) is 13.8. The van der Waals surface area contributed by atoms with Crippen LogP contribution in [0.2, 0.25) is 0 Å². The SMILES string of the molecule is C=C1C[C@H]2CC3(CCCC3)CN2C1=O. The standard InChI is InChI=1S/C12H17NO/c1-9-6-10-7-12(4-2-3-5-12)8-13(10)11(9)14/h10H,1-8H2/t10-/m0/s1. The van der Waals surface area contributed by atoms with Gasteiger partial charge in [0.15, 0.2) is 0 Å². The van der Waals surface area contributed by atoms with E-state index in [1.807, 2.05) is 0 Å². The highest BCUT2D eigenvalue weighted by Crippen LogP contribution is 2.50. The van der Waals surface area contributed by atoms with Crippen molar-refractivity contribution in [3.8, 4) is 0 Å². The molecule has 0 radical (unpaired) electrons. The molecule has 3 aliphatic rings. The first-order valence-electron chi connectivity index (χ1n) is 5.69. The zero-order valence-corrected chi connectivity index (χ0v) is 8.59. The van der Waals surface area contributed by atoms with Crippen molar-refractivity contribution in [2.75, 3.05) is 6.54 Å². The molecule has 0 bridgehead atoms. The smallest absolute Gasteiger partial charge is 0.249 e. The van der Waals surface area contributed by atoms with Crippen LogP contribution in [-0.2, 0) is 4.79 Å². The number of nitrogens with zero attached hydrogens (tertiary/aromatic N) is 1. The van der Waals surface area contributed by atoms with Crippen LogP contribution in [0.25, 0.3) is 0 Å². The van der Waals surface area contributed by atoms with Crippen molar-refractivity contribution in [2.24, 2.45) is 5.41 Å². The number of carbonyl (C=O) groups is 1. The summed E-state index contributed by atoms with van der Waals surface area (Å²) in [5, 5.41) is 0. The molecule has 2 heterocycles. The van der Waals surface area contributed by atoms with Gasteiger partial charge in [-0.15, -0.1) is 0 Å². The maximum Gasteiger partial charge on any atom is 0.249 e. The number of hydrogen-bond acceptors (Lipinski definition) is 1. The summed E-state index contributed by atoms with van der Waals surface area (Å²) in [5.41, 5.74) is 1.35. The van der Waals surface area contributed by atoms with Gasteiger partial charge in [0.05, 0.1) is 0 Å². The van der Waals surface area contributed by atoms with E-state index >= 15 is 0 Å². The van der Waals surface area contributed by atoms with Gasteiger partial charge in [-0.1, -0.05) is 19.4 Å². The Bertz CT molecular complexity index is 301. The molecule has 1 spiro atoms. The van der Waals surface area contributed by atoms with E-state index in [0.717, 1.165) is 18.5 Å². The predicted octanol–water partition coefficient (Wildman–Crippen LogP) is 2.11. The third-order valence-corrected chi connectivity index (χ3v) is 4.32. The minimum atomic E-state index is 0.235. The van der Waals surface area contributed by atoms with Gasteiger partial charge in [-0.3, -0.25) is 4.79 Å². The van der Waals surface area contributed by atoms with Gasteiger partial charge in [0.25, 0.3) is 0 Å². The summed E-state index contributed by atoms with van der Waals surface area (Å²) in [6.45, 7) is 4.86. The van der Waals surface area contributed by atoms with Gasteiger partial charge in [0, 0.05) is 18.2 Å². The van der Waals surface area contributed by atoms with Crippen molar-refractivity contribution in [1.29, 1.82) is 0 Å². The molecule has 1 amide bonds. The molecular weight excluding hydrogens is 174 g/mol. The maximum absolute atomic E-state index is 11.8. The zero-order chi connectivity index (χ0) is 9.76. The van der Waals surface area contributed by atoms with Gasteiger partial charge in [-0.05, 0) is 31.1 Å². The average molecular weight is 191 g/mol. The van der Waals surface area contributed by atoms with E-state index in [1.54, 1.807) is 0 Å². The molecule has 0 aromatic carbocycles. The molecule has 2 nitrogen and oxygen atoms in total. The van der Waals surface area contributed by atoms with Crippen molar-refractivity contribution in [2.45, 2.75) is 44.6 Å². The Morgan fingerprint density at radius 2 is 2.07 bits per heavy atom. The van der Waals surface area contributed by atoms with E-state index in [1.165, 1.54) is 32.1 Å². The zero-order valence-electron chi connectivity index (χ0n) is 8.59. The Morgan fingerprint density at radius 3 is 2.71 bits per heavy atom. The van der Waals surface area contributed by atoms with Crippen LogP contribution in [0.4, 0.5) is 0 Å². The minimum absolute atomic E-state index is 0.235. The van der Waals surface area contributed by atoms with Crippen LogP contribution in [0.15, 0.2) is 12.2 Å². The second-order valence-corrected chi connectivity index (χ2v) is 5.31. The second-order valence-electron chi connectivity index (χ2n) is 5.31. The summed E-state index contributed by atoms with van der Waals surface area (Å²) < 4.78 is 0. The fourth-order valence-corrected chi connectivity index (χ4v) is 3.65. The van der Waals surface area contributed by atoms with E-state index in [9.17, 15) is 4.79 Å². The van der Waals surface area contributed by atoms with Crippen molar-refractivity contribution in [1.82, 2.24) is 4.90 Å². The van der Waals surface area contributed by atoms with E-state index in [-0.39, 0.29) is 5.91 Å². The molecule has 3 fully saturated rings. The highest BCUT2D eigenvalue weighted by Gasteiger charge is 2.50. The summed E-state index contributed by atoms with van der Waals surface area (Å²) in [6, 6.07) is 0.507. The van der Waals surface area contributed by atoms with Gasteiger partial charge in [0.2, 0.25) is 5.91 Å². The number of rotatable bonds is 0. The number of amides is 1. The molecule has 3 rings (SSSR count). The van der Waals surface area contributed by atoms with Crippen LogP contribution in [0.3, 0.4) is 0 Å². The molecule has 2 saturated heterocycles. The molecule has 76 valence electrons. The molecule has 14 heavy (non-hydrogen) atoms. The predicted molar refractivity (Wildman–Crippen MR) is 54.8 cm³/mol. The lowest BCUT2D eigenvalue weighted by molar-refractivity contribution is -0.125. The van der Waals surface area contributed by atoms with Gasteiger partial charge >= 0.3 is 0 Å². The molecule has 0 N–H and O–H groups in total. The first-order chi connectivity index (χ1) is 6.70. The average Bonchev–Trinajstić information content (AvgIpc) is 2.79. The fourth-order valence-electron chi connectivity index (χ4n) is 3.65. The first-order valence-corrected chi connectivity index (χ1v) is 5.69. The van der Waals surface area contributed by atoms with E-state index in [4.69, 9.17) is 0 Å². The normalized spacial score (nSPS) is 34.6. The number of carbonyl (C=O) groups excluding carboxylic acids is 1. The van der Waals surface area contributed by atoms with Gasteiger partial charge in [-0.2, -0.15) is 0 Å². The molecule has 2 heteroatoms. The molecule has 0 aromatic rings. The van der Waals surface area contributed by atoms with Gasteiger partial charge in [-0.25, -0.2) is 0 Å². The topological polar surface area (TPSA) is 20.3 Å². The molecule has 0 unspecified atom stereocenters. The van der Waals surface area contributed by atoms with E-state index in [2.05, 4.69) is 11.5 Å². The molecule has 1 aliphatic carbocycles. The van der Waals surface area contributed by atoms with E-state index in [0.29, 0.717) is 11.5 Å². The monoisotopic (exact) mass is 191 g/mol. The highest BCUT2D eigenvalue weighted by atomic mass is 16.2. The first kappa shape index (κ1) is 8.51. The lowest BCUT2D eigenvalue weighted by Gasteiger charge is -2.22. The van der Waals surface area contributed by atoms with E-state index < -0.39 is 0 Å². The summed E-state index contributed by atoms with van der Waals surface area (Å²) in [7, 11) is 0.